The number of unbranched alkanes of at least 4 members (excludes halogenated alkanes) is 1. The molecule has 19 heavy (non-hydrogen) atoms. The van der Waals surface area contributed by atoms with Crippen LogP contribution in [0.4, 0.5) is 5.69 Å². The summed E-state index contributed by atoms with van der Waals surface area (Å²) < 4.78 is 26.1. The van der Waals surface area contributed by atoms with E-state index in [-0.39, 0.29) is 5.75 Å². The molecule has 0 radical (unpaired) electrons. The minimum absolute atomic E-state index is 0.0858. The molecule has 0 atom stereocenters. The normalized spacial score (nSPS) is 11.5. The minimum Gasteiger partial charge on any atom is -0.317 e. The summed E-state index contributed by atoms with van der Waals surface area (Å²) in [5, 5.41) is 3.95. The van der Waals surface area contributed by atoms with E-state index < -0.39 is 10.0 Å². The van der Waals surface area contributed by atoms with Crippen LogP contribution in [0.3, 0.4) is 0 Å². The molecule has 108 valence electrons. The zero-order chi connectivity index (χ0) is 14.3. The van der Waals surface area contributed by atoms with Crippen LogP contribution < -0.4 is 10.0 Å². The third-order valence-electron chi connectivity index (χ3n) is 2.40. The van der Waals surface area contributed by atoms with E-state index in [9.17, 15) is 8.42 Å². The Morgan fingerprint density at radius 1 is 1.11 bits per heavy atom. The van der Waals surface area contributed by atoms with Crippen LogP contribution in [0.5, 0.6) is 0 Å². The molecule has 1 aromatic carbocycles. The smallest absolute Gasteiger partial charge is 0.232 e. The Bertz CT molecular complexity index is 486. The number of anilines is 1. The van der Waals surface area contributed by atoms with Crippen molar-refractivity contribution in [3.05, 3.63) is 28.2 Å². The summed E-state index contributed by atoms with van der Waals surface area (Å²) >= 11 is 11.6. The molecule has 1 rings (SSSR count). The molecular formula is C12H18Cl2N2O2S. The molecule has 0 fully saturated rings. The Morgan fingerprint density at radius 2 is 1.74 bits per heavy atom. The van der Waals surface area contributed by atoms with E-state index in [2.05, 4.69) is 10.0 Å². The fourth-order valence-electron chi connectivity index (χ4n) is 1.56. The van der Waals surface area contributed by atoms with Gasteiger partial charge in [-0.1, -0.05) is 30.1 Å². The second-order valence-corrected chi connectivity index (χ2v) is 6.85. The largest absolute Gasteiger partial charge is 0.317 e. The maximum atomic E-state index is 11.8. The van der Waals surface area contributed by atoms with Crippen molar-refractivity contribution >= 4 is 38.9 Å². The minimum atomic E-state index is -3.35. The summed E-state index contributed by atoms with van der Waals surface area (Å²) in [6.07, 6.45) is 1.43. The van der Waals surface area contributed by atoms with Gasteiger partial charge >= 0.3 is 0 Å². The molecule has 0 unspecified atom stereocenters. The molecule has 0 saturated carbocycles. The Hall–Kier alpha value is -0.490. The van der Waals surface area contributed by atoms with Crippen LogP contribution in [0.2, 0.25) is 10.0 Å². The Balaban J connectivity index is 2.49. The van der Waals surface area contributed by atoms with Gasteiger partial charge in [-0.05, 0) is 44.1 Å². The topological polar surface area (TPSA) is 58.2 Å². The summed E-state index contributed by atoms with van der Waals surface area (Å²) in [5.74, 6) is 0.0858. The predicted molar refractivity (Wildman–Crippen MR) is 81.6 cm³/mol. The molecule has 4 nitrogen and oxygen atoms in total. The maximum absolute atomic E-state index is 11.8. The van der Waals surface area contributed by atoms with Crippen LogP contribution in [0.25, 0.3) is 0 Å². The Labute approximate surface area is 124 Å². The first kappa shape index (κ1) is 16.6. The third-order valence-corrected chi connectivity index (χ3v) is 4.21. The zero-order valence-electron chi connectivity index (χ0n) is 10.7. The highest BCUT2D eigenvalue weighted by molar-refractivity contribution is 7.92. The Kier molecular flexibility index (Phi) is 6.93. The van der Waals surface area contributed by atoms with E-state index in [1.807, 2.05) is 6.92 Å². The van der Waals surface area contributed by atoms with Crippen molar-refractivity contribution in [2.24, 2.45) is 0 Å². The highest BCUT2D eigenvalue weighted by atomic mass is 35.5. The standard InChI is InChI=1S/C12H18Cl2N2O2S/c1-2-15-5-3-4-6-19(17,18)16-12-8-10(13)7-11(14)9-12/h7-9,15-16H,2-6H2,1H3. The average Bonchev–Trinajstić information content (AvgIpc) is 2.26. The summed E-state index contributed by atoms with van der Waals surface area (Å²) in [6.45, 7) is 3.74. The van der Waals surface area contributed by atoms with Gasteiger partial charge in [0.25, 0.3) is 0 Å². The van der Waals surface area contributed by atoms with Crippen molar-refractivity contribution < 1.29 is 8.42 Å². The fourth-order valence-corrected chi connectivity index (χ4v) is 3.25. The number of benzene rings is 1. The van der Waals surface area contributed by atoms with Crippen molar-refractivity contribution in [3.63, 3.8) is 0 Å². The molecular weight excluding hydrogens is 307 g/mol. The van der Waals surface area contributed by atoms with Crippen molar-refractivity contribution in [3.8, 4) is 0 Å². The molecule has 0 amide bonds. The van der Waals surface area contributed by atoms with Gasteiger partial charge in [-0.25, -0.2) is 8.42 Å². The lowest BCUT2D eigenvalue weighted by Crippen LogP contribution is -2.19. The molecule has 0 bridgehead atoms. The van der Waals surface area contributed by atoms with E-state index in [4.69, 9.17) is 23.2 Å². The molecule has 0 aliphatic carbocycles. The molecule has 1 aromatic rings. The number of nitrogens with one attached hydrogen (secondary N) is 2. The van der Waals surface area contributed by atoms with E-state index in [0.717, 1.165) is 19.5 Å². The summed E-state index contributed by atoms with van der Waals surface area (Å²) in [5.41, 5.74) is 0.393. The number of rotatable bonds is 8. The second-order valence-electron chi connectivity index (χ2n) is 4.14. The lowest BCUT2D eigenvalue weighted by molar-refractivity contribution is 0.593. The van der Waals surface area contributed by atoms with Crippen molar-refractivity contribution in [1.29, 1.82) is 0 Å². The summed E-state index contributed by atoms with van der Waals surface area (Å²) in [4.78, 5) is 0. The molecule has 0 aliphatic heterocycles. The van der Waals surface area contributed by atoms with Crippen LogP contribution in [0, 0.1) is 0 Å². The van der Waals surface area contributed by atoms with Crippen molar-refractivity contribution in [2.45, 2.75) is 19.8 Å². The fraction of sp³-hybridized carbons (Fsp3) is 0.500. The van der Waals surface area contributed by atoms with Crippen molar-refractivity contribution in [1.82, 2.24) is 5.32 Å². The first-order valence-corrected chi connectivity index (χ1v) is 8.51. The van der Waals surface area contributed by atoms with Crippen LogP contribution in [-0.4, -0.2) is 27.3 Å². The molecule has 2 N–H and O–H groups in total. The summed E-state index contributed by atoms with van der Waals surface area (Å²) in [6, 6.07) is 4.62. The van der Waals surface area contributed by atoms with Crippen LogP contribution in [0.15, 0.2) is 18.2 Å². The van der Waals surface area contributed by atoms with Gasteiger partial charge in [0.2, 0.25) is 10.0 Å². The molecule has 0 spiro atoms. The number of sulfonamides is 1. The van der Waals surface area contributed by atoms with Crippen LogP contribution in [-0.2, 0) is 10.0 Å². The monoisotopic (exact) mass is 324 g/mol. The van der Waals surface area contributed by atoms with Gasteiger partial charge < -0.3 is 5.32 Å². The third kappa shape index (κ3) is 7.01. The van der Waals surface area contributed by atoms with E-state index in [1.165, 1.54) is 12.1 Å². The number of halogens is 2. The first-order valence-electron chi connectivity index (χ1n) is 6.10. The number of hydrogen-bond donors (Lipinski definition) is 2. The Morgan fingerprint density at radius 3 is 2.32 bits per heavy atom. The highest BCUT2D eigenvalue weighted by Crippen LogP contribution is 2.23. The summed E-state index contributed by atoms with van der Waals surface area (Å²) in [7, 11) is -3.35. The zero-order valence-corrected chi connectivity index (χ0v) is 13.1. The molecule has 0 aliphatic rings. The average molecular weight is 325 g/mol. The highest BCUT2D eigenvalue weighted by Gasteiger charge is 2.10. The molecule has 7 heteroatoms. The van der Waals surface area contributed by atoms with Gasteiger partial charge in [0.05, 0.1) is 11.4 Å². The number of hydrogen-bond acceptors (Lipinski definition) is 3. The second kappa shape index (κ2) is 7.94. The SMILES string of the molecule is CCNCCCCS(=O)(=O)Nc1cc(Cl)cc(Cl)c1. The molecule has 0 heterocycles. The van der Waals surface area contributed by atoms with Gasteiger partial charge in [0.1, 0.15) is 0 Å². The van der Waals surface area contributed by atoms with Gasteiger partial charge in [-0.15, -0.1) is 0 Å². The van der Waals surface area contributed by atoms with Gasteiger partial charge in [0, 0.05) is 10.0 Å². The van der Waals surface area contributed by atoms with E-state index >= 15 is 0 Å². The van der Waals surface area contributed by atoms with E-state index in [1.54, 1.807) is 6.07 Å². The van der Waals surface area contributed by atoms with E-state index in [0.29, 0.717) is 22.2 Å². The first-order chi connectivity index (χ1) is 8.93. The maximum Gasteiger partial charge on any atom is 0.232 e. The van der Waals surface area contributed by atoms with Crippen LogP contribution in [0.1, 0.15) is 19.8 Å². The van der Waals surface area contributed by atoms with Crippen LogP contribution >= 0.6 is 23.2 Å². The molecule has 0 aromatic heterocycles. The predicted octanol–water partition coefficient (Wildman–Crippen LogP) is 3.12. The van der Waals surface area contributed by atoms with Gasteiger partial charge in [-0.2, -0.15) is 0 Å². The van der Waals surface area contributed by atoms with Crippen molar-refractivity contribution in [2.75, 3.05) is 23.6 Å². The quantitative estimate of drug-likeness (QED) is 0.722. The van der Waals surface area contributed by atoms with Gasteiger partial charge in [0.15, 0.2) is 0 Å². The lowest BCUT2D eigenvalue weighted by Gasteiger charge is -2.09. The lowest BCUT2D eigenvalue weighted by atomic mass is 10.3. The van der Waals surface area contributed by atoms with Gasteiger partial charge in [-0.3, -0.25) is 4.72 Å². The molecule has 0 saturated heterocycles.